The second-order valence-corrected chi connectivity index (χ2v) is 5.99. The number of fused-ring (bicyclic) bond motifs is 1. The molecule has 2 aromatic carbocycles. The second-order valence-electron chi connectivity index (χ2n) is 5.99. The van der Waals surface area contributed by atoms with Crippen LogP contribution in [0.3, 0.4) is 0 Å². The van der Waals surface area contributed by atoms with Gasteiger partial charge in [0, 0.05) is 11.5 Å². The van der Waals surface area contributed by atoms with Crippen LogP contribution < -0.4 is 9.47 Å². The molecule has 27 heavy (non-hydrogen) atoms. The first-order valence-corrected chi connectivity index (χ1v) is 8.72. The number of rotatable bonds is 7. The summed E-state index contributed by atoms with van der Waals surface area (Å²) < 4.78 is 29.6. The van der Waals surface area contributed by atoms with E-state index < -0.39 is 12.1 Å². The number of aromatic nitrogens is 1. The van der Waals surface area contributed by atoms with Crippen molar-refractivity contribution < 1.29 is 23.4 Å². The van der Waals surface area contributed by atoms with Crippen molar-refractivity contribution in [3.8, 4) is 17.4 Å². The molecule has 0 fully saturated rings. The minimum absolute atomic E-state index is 0.304. The molecule has 140 valence electrons. The normalized spacial score (nSPS) is 11.8. The van der Waals surface area contributed by atoms with E-state index in [1.54, 1.807) is 49.4 Å². The smallest absolute Gasteiger partial charge is 0.347 e. The molecule has 3 aromatic rings. The van der Waals surface area contributed by atoms with Crippen LogP contribution in [0.2, 0.25) is 0 Å². The summed E-state index contributed by atoms with van der Waals surface area (Å²) in [7, 11) is 0. The lowest BCUT2D eigenvalue weighted by Gasteiger charge is -2.14. The molecule has 0 radical (unpaired) electrons. The van der Waals surface area contributed by atoms with Crippen molar-refractivity contribution in [1.82, 2.24) is 4.98 Å². The standard InChI is InChI=1S/C21H20FNO4/c1-3-12-25-21(24)14(2)26-17-6-8-18(9-7-17)27-20-11-4-15-13-16(22)5-10-19(15)23-20/h4-11,13-14H,3,12H2,1-2H3. The van der Waals surface area contributed by atoms with Crippen LogP contribution in [-0.4, -0.2) is 23.7 Å². The van der Waals surface area contributed by atoms with Crippen LogP contribution in [0.1, 0.15) is 20.3 Å². The highest BCUT2D eigenvalue weighted by Gasteiger charge is 2.16. The van der Waals surface area contributed by atoms with E-state index >= 15 is 0 Å². The number of esters is 1. The summed E-state index contributed by atoms with van der Waals surface area (Å²) in [4.78, 5) is 16.1. The molecule has 6 heteroatoms. The quantitative estimate of drug-likeness (QED) is 0.555. The third-order valence-corrected chi connectivity index (χ3v) is 3.77. The van der Waals surface area contributed by atoms with E-state index in [1.165, 1.54) is 12.1 Å². The molecule has 1 unspecified atom stereocenters. The number of carbonyl (C=O) groups is 1. The Balaban J connectivity index is 1.63. The minimum atomic E-state index is -0.689. The van der Waals surface area contributed by atoms with E-state index in [2.05, 4.69) is 4.98 Å². The predicted octanol–water partition coefficient (Wildman–Crippen LogP) is 4.89. The van der Waals surface area contributed by atoms with Gasteiger partial charge in [0.2, 0.25) is 5.88 Å². The van der Waals surface area contributed by atoms with E-state index in [4.69, 9.17) is 14.2 Å². The van der Waals surface area contributed by atoms with Crippen molar-refractivity contribution >= 4 is 16.9 Å². The Morgan fingerprint density at radius 1 is 1.07 bits per heavy atom. The molecular weight excluding hydrogens is 349 g/mol. The zero-order valence-electron chi connectivity index (χ0n) is 15.1. The molecule has 0 N–H and O–H groups in total. The molecule has 0 amide bonds. The van der Waals surface area contributed by atoms with Crippen LogP contribution in [0, 0.1) is 5.82 Å². The highest BCUT2D eigenvalue weighted by Crippen LogP contribution is 2.25. The van der Waals surface area contributed by atoms with Crippen LogP contribution in [0.5, 0.6) is 17.4 Å². The molecule has 3 rings (SSSR count). The second kappa shape index (κ2) is 8.49. The maximum Gasteiger partial charge on any atom is 0.347 e. The summed E-state index contributed by atoms with van der Waals surface area (Å²) in [6, 6.07) is 14.7. The zero-order chi connectivity index (χ0) is 19.2. The molecule has 5 nitrogen and oxygen atoms in total. The first-order chi connectivity index (χ1) is 13.0. The largest absolute Gasteiger partial charge is 0.479 e. The van der Waals surface area contributed by atoms with Crippen molar-refractivity contribution in [2.45, 2.75) is 26.4 Å². The van der Waals surface area contributed by atoms with Crippen molar-refractivity contribution in [3.63, 3.8) is 0 Å². The fourth-order valence-electron chi connectivity index (χ4n) is 2.41. The molecule has 0 bridgehead atoms. The van der Waals surface area contributed by atoms with Crippen LogP contribution in [0.4, 0.5) is 4.39 Å². The Hall–Kier alpha value is -3.15. The fraction of sp³-hybridized carbons (Fsp3) is 0.238. The predicted molar refractivity (Wildman–Crippen MR) is 99.6 cm³/mol. The third-order valence-electron chi connectivity index (χ3n) is 3.77. The van der Waals surface area contributed by atoms with Gasteiger partial charge < -0.3 is 14.2 Å². The molecule has 1 atom stereocenters. The average Bonchev–Trinajstić information content (AvgIpc) is 2.67. The number of pyridine rings is 1. The average molecular weight is 369 g/mol. The van der Waals surface area contributed by atoms with E-state index in [-0.39, 0.29) is 5.82 Å². The highest BCUT2D eigenvalue weighted by atomic mass is 19.1. The molecule has 0 saturated heterocycles. The summed E-state index contributed by atoms with van der Waals surface area (Å²) in [5.74, 6) is 0.803. The topological polar surface area (TPSA) is 57.7 Å². The van der Waals surface area contributed by atoms with Crippen LogP contribution in [0.25, 0.3) is 10.9 Å². The van der Waals surface area contributed by atoms with E-state index in [0.29, 0.717) is 34.9 Å². The van der Waals surface area contributed by atoms with Gasteiger partial charge in [-0.25, -0.2) is 14.2 Å². The number of nitrogens with zero attached hydrogens (tertiary/aromatic N) is 1. The van der Waals surface area contributed by atoms with Gasteiger partial charge in [0.1, 0.15) is 17.3 Å². The summed E-state index contributed by atoms with van der Waals surface area (Å²) >= 11 is 0. The van der Waals surface area contributed by atoms with E-state index in [1.807, 2.05) is 6.92 Å². The van der Waals surface area contributed by atoms with Gasteiger partial charge in [0.25, 0.3) is 0 Å². The summed E-state index contributed by atoms with van der Waals surface area (Å²) in [5, 5.41) is 0.704. The van der Waals surface area contributed by atoms with Crippen LogP contribution in [-0.2, 0) is 9.53 Å². The first-order valence-electron chi connectivity index (χ1n) is 8.72. The van der Waals surface area contributed by atoms with Crippen molar-refractivity contribution in [1.29, 1.82) is 0 Å². The number of halogens is 1. The third kappa shape index (κ3) is 4.94. The van der Waals surface area contributed by atoms with E-state index in [0.717, 1.165) is 6.42 Å². The summed E-state index contributed by atoms with van der Waals surface area (Å²) in [5.41, 5.74) is 0.647. The summed E-state index contributed by atoms with van der Waals surface area (Å²) in [6.45, 7) is 3.95. The molecule has 1 aromatic heterocycles. The van der Waals surface area contributed by atoms with Gasteiger partial charge in [-0.1, -0.05) is 6.92 Å². The Bertz CT molecular complexity index is 927. The lowest BCUT2D eigenvalue weighted by Crippen LogP contribution is -2.26. The van der Waals surface area contributed by atoms with Gasteiger partial charge in [-0.15, -0.1) is 0 Å². The number of ether oxygens (including phenoxy) is 3. The Morgan fingerprint density at radius 2 is 1.81 bits per heavy atom. The Morgan fingerprint density at radius 3 is 2.56 bits per heavy atom. The van der Waals surface area contributed by atoms with Crippen LogP contribution in [0.15, 0.2) is 54.6 Å². The zero-order valence-corrected chi connectivity index (χ0v) is 15.1. The number of hydrogen-bond donors (Lipinski definition) is 0. The van der Waals surface area contributed by atoms with Crippen LogP contribution >= 0.6 is 0 Å². The van der Waals surface area contributed by atoms with Crippen molar-refractivity contribution in [2.75, 3.05) is 6.61 Å². The van der Waals surface area contributed by atoms with Crippen molar-refractivity contribution in [3.05, 3.63) is 60.4 Å². The van der Waals surface area contributed by atoms with Gasteiger partial charge >= 0.3 is 5.97 Å². The Kier molecular flexibility index (Phi) is 5.86. The molecule has 0 spiro atoms. The Labute approximate surface area is 156 Å². The lowest BCUT2D eigenvalue weighted by atomic mass is 10.2. The highest BCUT2D eigenvalue weighted by molar-refractivity contribution is 5.79. The molecule has 0 aliphatic heterocycles. The minimum Gasteiger partial charge on any atom is -0.479 e. The van der Waals surface area contributed by atoms with Gasteiger partial charge in [-0.05, 0) is 61.9 Å². The monoisotopic (exact) mass is 369 g/mol. The lowest BCUT2D eigenvalue weighted by molar-refractivity contribution is -0.151. The SMILES string of the molecule is CCCOC(=O)C(C)Oc1ccc(Oc2ccc3cc(F)ccc3n2)cc1. The molecular formula is C21H20FNO4. The molecule has 0 saturated carbocycles. The van der Waals surface area contributed by atoms with E-state index in [9.17, 15) is 9.18 Å². The molecule has 0 aliphatic carbocycles. The maximum absolute atomic E-state index is 13.2. The molecule has 0 aliphatic rings. The first kappa shape index (κ1) is 18.6. The number of hydrogen-bond acceptors (Lipinski definition) is 5. The fourth-order valence-corrected chi connectivity index (χ4v) is 2.41. The number of benzene rings is 2. The number of carbonyl (C=O) groups excluding carboxylic acids is 1. The van der Waals surface area contributed by atoms with Gasteiger partial charge in [0.15, 0.2) is 6.10 Å². The summed E-state index contributed by atoms with van der Waals surface area (Å²) in [6.07, 6.45) is 0.0771. The maximum atomic E-state index is 13.2. The molecule has 1 heterocycles. The van der Waals surface area contributed by atoms with Crippen molar-refractivity contribution in [2.24, 2.45) is 0 Å². The van der Waals surface area contributed by atoms with Gasteiger partial charge in [0.05, 0.1) is 12.1 Å². The van der Waals surface area contributed by atoms with Gasteiger partial charge in [-0.2, -0.15) is 0 Å². The van der Waals surface area contributed by atoms with Gasteiger partial charge in [-0.3, -0.25) is 0 Å².